The molecule has 0 atom stereocenters. The number of halogens is 1. The van der Waals surface area contributed by atoms with Crippen LogP contribution in [0.1, 0.15) is 21.6 Å². The number of nitrogens with zero attached hydrogens (tertiary/aromatic N) is 2. The third-order valence-electron chi connectivity index (χ3n) is 5.36. The molecular weight excluding hydrogens is 430 g/mol. The Morgan fingerprint density at radius 1 is 1.13 bits per heavy atom. The van der Waals surface area contributed by atoms with Gasteiger partial charge in [0.25, 0.3) is 5.56 Å². The van der Waals surface area contributed by atoms with Crippen molar-refractivity contribution in [2.24, 2.45) is 0 Å². The van der Waals surface area contributed by atoms with Gasteiger partial charge >= 0.3 is 0 Å². The van der Waals surface area contributed by atoms with Crippen molar-refractivity contribution in [1.82, 2.24) is 9.55 Å². The summed E-state index contributed by atoms with van der Waals surface area (Å²) in [5.41, 5.74) is 4.07. The minimum atomic E-state index is -0.298. The van der Waals surface area contributed by atoms with Crippen LogP contribution in [0.4, 0.5) is 5.69 Å². The van der Waals surface area contributed by atoms with E-state index in [4.69, 9.17) is 16.6 Å². The molecule has 0 saturated carbocycles. The van der Waals surface area contributed by atoms with Crippen LogP contribution in [0.5, 0.6) is 0 Å². The number of amides is 1. The van der Waals surface area contributed by atoms with Crippen LogP contribution < -0.4 is 10.9 Å². The SMILES string of the molecule is Cc1ccc(NC(=O)Cn2c(-c3ccccc3Cl)nc3sc(C)c(C)c3c2=O)c(C)c1. The molecule has 0 aliphatic carbocycles. The summed E-state index contributed by atoms with van der Waals surface area (Å²) in [5, 5.41) is 3.95. The average Bonchev–Trinajstić information content (AvgIpc) is 3.00. The first-order chi connectivity index (χ1) is 14.8. The molecule has 4 aromatic rings. The Balaban J connectivity index is 1.83. The van der Waals surface area contributed by atoms with E-state index in [2.05, 4.69) is 5.32 Å². The third kappa shape index (κ3) is 4.01. The molecule has 0 spiro atoms. The fraction of sp³-hybridized carbons (Fsp3) is 0.208. The zero-order valence-corrected chi connectivity index (χ0v) is 19.3. The lowest BCUT2D eigenvalue weighted by Gasteiger charge is -2.15. The Hall–Kier alpha value is -2.96. The maximum atomic E-state index is 13.5. The second-order valence-corrected chi connectivity index (χ2v) is 9.25. The van der Waals surface area contributed by atoms with Crippen LogP contribution in [0.3, 0.4) is 0 Å². The van der Waals surface area contributed by atoms with E-state index in [0.717, 1.165) is 27.3 Å². The van der Waals surface area contributed by atoms with Gasteiger partial charge in [-0.15, -0.1) is 11.3 Å². The number of rotatable bonds is 4. The van der Waals surface area contributed by atoms with E-state index in [1.54, 1.807) is 6.07 Å². The lowest BCUT2D eigenvalue weighted by atomic mass is 10.1. The van der Waals surface area contributed by atoms with Crippen molar-refractivity contribution in [2.45, 2.75) is 34.2 Å². The molecule has 0 saturated heterocycles. The Morgan fingerprint density at radius 3 is 2.58 bits per heavy atom. The van der Waals surface area contributed by atoms with Crippen LogP contribution in [-0.4, -0.2) is 15.5 Å². The highest BCUT2D eigenvalue weighted by atomic mass is 35.5. The van der Waals surface area contributed by atoms with Crippen LogP contribution in [-0.2, 0) is 11.3 Å². The Labute approximate surface area is 189 Å². The normalized spacial score (nSPS) is 11.1. The minimum absolute atomic E-state index is 0.163. The van der Waals surface area contributed by atoms with Gasteiger partial charge in [-0.25, -0.2) is 4.98 Å². The molecule has 0 aliphatic rings. The van der Waals surface area contributed by atoms with E-state index in [9.17, 15) is 9.59 Å². The van der Waals surface area contributed by atoms with Crippen molar-refractivity contribution < 1.29 is 4.79 Å². The van der Waals surface area contributed by atoms with Gasteiger partial charge in [-0.3, -0.25) is 14.2 Å². The number of aryl methyl sites for hydroxylation is 4. The number of nitrogens with one attached hydrogen (secondary N) is 1. The minimum Gasteiger partial charge on any atom is -0.324 e. The summed E-state index contributed by atoms with van der Waals surface area (Å²) in [6, 6.07) is 13.0. The van der Waals surface area contributed by atoms with Gasteiger partial charge in [0.2, 0.25) is 5.91 Å². The van der Waals surface area contributed by atoms with Gasteiger partial charge < -0.3 is 5.32 Å². The van der Waals surface area contributed by atoms with Crippen molar-refractivity contribution >= 4 is 44.7 Å². The number of anilines is 1. The zero-order chi connectivity index (χ0) is 22.3. The van der Waals surface area contributed by atoms with E-state index in [-0.39, 0.29) is 18.0 Å². The smallest absolute Gasteiger partial charge is 0.263 e. The van der Waals surface area contributed by atoms with Crippen molar-refractivity contribution in [3.05, 3.63) is 79.4 Å². The molecule has 0 unspecified atom stereocenters. The van der Waals surface area contributed by atoms with E-state index < -0.39 is 0 Å². The molecule has 5 nitrogen and oxygen atoms in total. The fourth-order valence-electron chi connectivity index (χ4n) is 3.61. The molecule has 0 bridgehead atoms. The number of hydrogen-bond donors (Lipinski definition) is 1. The molecule has 2 aromatic carbocycles. The molecule has 2 heterocycles. The van der Waals surface area contributed by atoms with Crippen LogP contribution in [0.25, 0.3) is 21.6 Å². The summed E-state index contributed by atoms with van der Waals surface area (Å²) in [5.74, 6) is 0.0910. The number of hydrogen-bond acceptors (Lipinski definition) is 4. The standard InChI is InChI=1S/C24H22ClN3O2S/c1-13-9-10-19(14(2)11-13)26-20(29)12-28-22(17-7-5-6-8-18(17)25)27-23-21(24(28)30)15(3)16(4)31-23/h5-11H,12H2,1-4H3,(H,26,29). The summed E-state index contributed by atoms with van der Waals surface area (Å²) < 4.78 is 1.42. The zero-order valence-electron chi connectivity index (χ0n) is 17.7. The maximum absolute atomic E-state index is 13.5. The van der Waals surface area contributed by atoms with Crippen LogP contribution >= 0.6 is 22.9 Å². The predicted molar refractivity (Wildman–Crippen MR) is 128 cm³/mol. The second kappa shape index (κ2) is 8.29. The van der Waals surface area contributed by atoms with Crippen molar-refractivity contribution in [1.29, 1.82) is 0 Å². The number of fused-ring (bicyclic) bond motifs is 1. The average molecular weight is 452 g/mol. The predicted octanol–water partition coefficient (Wildman–Crippen LogP) is 5.65. The maximum Gasteiger partial charge on any atom is 0.263 e. The van der Waals surface area contributed by atoms with E-state index >= 15 is 0 Å². The summed E-state index contributed by atoms with van der Waals surface area (Å²) in [6.07, 6.45) is 0. The molecule has 4 rings (SSSR count). The van der Waals surface area contributed by atoms with Gasteiger partial charge in [0, 0.05) is 16.1 Å². The lowest BCUT2D eigenvalue weighted by molar-refractivity contribution is -0.116. The first kappa shape index (κ1) is 21.3. The fourth-order valence-corrected chi connectivity index (χ4v) is 4.85. The van der Waals surface area contributed by atoms with Gasteiger partial charge in [-0.2, -0.15) is 0 Å². The Kier molecular flexibility index (Phi) is 5.69. The van der Waals surface area contributed by atoms with E-state index in [0.29, 0.717) is 26.6 Å². The highest BCUT2D eigenvalue weighted by molar-refractivity contribution is 7.18. The monoisotopic (exact) mass is 451 g/mol. The van der Waals surface area contributed by atoms with Gasteiger partial charge in [-0.1, -0.05) is 41.4 Å². The molecule has 2 aromatic heterocycles. The first-order valence-corrected chi connectivity index (χ1v) is 11.1. The summed E-state index contributed by atoms with van der Waals surface area (Å²) in [6.45, 7) is 7.65. The lowest BCUT2D eigenvalue weighted by Crippen LogP contribution is -2.30. The number of benzene rings is 2. The van der Waals surface area contributed by atoms with E-state index in [1.807, 2.05) is 64.1 Å². The molecule has 7 heteroatoms. The molecule has 158 valence electrons. The molecule has 31 heavy (non-hydrogen) atoms. The Morgan fingerprint density at radius 2 is 1.87 bits per heavy atom. The summed E-state index contributed by atoms with van der Waals surface area (Å²) in [7, 11) is 0. The molecule has 1 amide bonds. The summed E-state index contributed by atoms with van der Waals surface area (Å²) in [4.78, 5) is 32.8. The number of aromatic nitrogens is 2. The van der Waals surface area contributed by atoms with Crippen molar-refractivity contribution in [3.63, 3.8) is 0 Å². The van der Waals surface area contributed by atoms with Gasteiger partial charge in [0.05, 0.1) is 10.4 Å². The highest BCUT2D eigenvalue weighted by Gasteiger charge is 2.20. The quantitative estimate of drug-likeness (QED) is 0.436. The van der Waals surface area contributed by atoms with Gasteiger partial charge in [0.1, 0.15) is 17.2 Å². The van der Waals surface area contributed by atoms with Crippen molar-refractivity contribution in [2.75, 3.05) is 5.32 Å². The second-order valence-electron chi connectivity index (χ2n) is 7.64. The number of thiophene rings is 1. The number of carbonyl (C=O) groups excluding carboxylic acids is 1. The topological polar surface area (TPSA) is 64.0 Å². The first-order valence-electron chi connectivity index (χ1n) is 9.89. The van der Waals surface area contributed by atoms with Gasteiger partial charge in [0.15, 0.2) is 0 Å². The third-order valence-corrected chi connectivity index (χ3v) is 6.79. The molecule has 0 aliphatic heterocycles. The summed E-state index contributed by atoms with van der Waals surface area (Å²) >= 11 is 7.89. The molecular formula is C24H22ClN3O2S. The number of carbonyl (C=O) groups is 1. The van der Waals surface area contributed by atoms with Crippen LogP contribution in [0.2, 0.25) is 5.02 Å². The molecule has 1 N–H and O–H groups in total. The highest BCUT2D eigenvalue weighted by Crippen LogP contribution is 2.31. The molecule has 0 radical (unpaired) electrons. The van der Waals surface area contributed by atoms with Crippen LogP contribution in [0.15, 0.2) is 47.3 Å². The van der Waals surface area contributed by atoms with Crippen LogP contribution in [0, 0.1) is 27.7 Å². The largest absolute Gasteiger partial charge is 0.324 e. The van der Waals surface area contributed by atoms with Crippen molar-refractivity contribution in [3.8, 4) is 11.4 Å². The van der Waals surface area contributed by atoms with E-state index in [1.165, 1.54) is 15.9 Å². The van der Waals surface area contributed by atoms with Gasteiger partial charge in [-0.05, 0) is 57.0 Å². The Bertz CT molecular complexity index is 1390. The molecule has 0 fully saturated rings.